The molecule has 0 aliphatic heterocycles. The molecule has 17 heavy (non-hydrogen) atoms. The predicted molar refractivity (Wildman–Crippen MR) is 67.4 cm³/mol. The van der Waals surface area contributed by atoms with E-state index in [-0.39, 0.29) is 13.2 Å². The van der Waals surface area contributed by atoms with E-state index in [2.05, 4.69) is 17.9 Å². The third kappa shape index (κ3) is 31.3. The number of aliphatic hydroxyl groups is 2. The number of carbonyl (C=O) groups is 1. The maximum Gasteiger partial charge on any atom is 0.337 e. The Labute approximate surface area is 103 Å². The van der Waals surface area contributed by atoms with Gasteiger partial charge in [-0.25, -0.2) is 4.79 Å². The molecule has 0 aromatic rings. The van der Waals surface area contributed by atoms with Crippen LogP contribution in [0.3, 0.4) is 0 Å². The Hall–Kier alpha value is -1.17. The van der Waals surface area contributed by atoms with E-state index in [1.807, 2.05) is 13.8 Å². The Kier molecular flexibility index (Phi) is 25.2. The van der Waals surface area contributed by atoms with Crippen LogP contribution in [0.1, 0.15) is 20.8 Å². The number of esters is 1. The predicted octanol–water partition coefficient (Wildman–Crippen LogP) is 1.26. The Morgan fingerprint density at radius 1 is 1.24 bits per heavy atom. The number of hydrogen-bond acceptors (Lipinski definition) is 5. The second-order valence-electron chi connectivity index (χ2n) is 2.58. The molecule has 0 saturated carbocycles. The molecule has 0 unspecified atom stereocenters. The first-order valence-corrected chi connectivity index (χ1v) is 5.28. The van der Waals surface area contributed by atoms with Gasteiger partial charge < -0.3 is 19.7 Å². The summed E-state index contributed by atoms with van der Waals surface area (Å²) >= 11 is 0. The van der Waals surface area contributed by atoms with Crippen molar-refractivity contribution in [2.75, 3.05) is 26.4 Å². The summed E-state index contributed by atoms with van der Waals surface area (Å²) in [6.45, 7) is 13.5. The van der Waals surface area contributed by atoms with E-state index in [4.69, 9.17) is 14.9 Å². The molecular weight excluding hydrogens is 224 g/mol. The minimum atomic E-state index is -0.431. The van der Waals surface area contributed by atoms with Gasteiger partial charge in [-0.1, -0.05) is 13.2 Å². The summed E-state index contributed by atoms with van der Waals surface area (Å²) in [5, 5.41) is 15.2. The monoisotopic (exact) mass is 248 g/mol. The maximum absolute atomic E-state index is 10.3. The molecule has 0 amide bonds. The van der Waals surface area contributed by atoms with Crippen LogP contribution in [0, 0.1) is 0 Å². The fourth-order valence-electron chi connectivity index (χ4n) is 0.380. The average Bonchev–Trinajstić information content (AvgIpc) is 2.31. The highest BCUT2D eigenvalue weighted by molar-refractivity contribution is 5.87. The highest BCUT2D eigenvalue weighted by Crippen LogP contribution is 1.90. The summed E-state index contributed by atoms with van der Waals surface area (Å²) in [7, 11) is 0. The van der Waals surface area contributed by atoms with Crippen LogP contribution in [-0.2, 0) is 14.3 Å². The van der Waals surface area contributed by atoms with Crippen molar-refractivity contribution in [1.29, 1.82) is 0 Å². The number of hydrogen-bond donors (Lipinski definition) is 2. The van der Waals surface area contributed by atoms with Crippen LogP contribution in [0.4, 0.5) is 0 Å². The number of rotatable bonds is 5. The van der Waals surface area contributed by atoms with E-state index in [0.29, 0.717) is 5.57 Å². The van der Waals surface area contributed by atoms with Crippen molar-refractivity contribution in [3.8, 4) is 0 Å². The SMILES string of the molecule is C=COC(=O)C(=C)C.CCOCC.OCCO. The van der Waals surface area contributed by atoms with Crippen molar-refractivity contribution in [3.05, 3.63) is 25.0 Å². The second-order valence-corrected chi connectivity index (χ2v) is 2.58. The highest BCUT2D eigenvalue weighted by atomic mass is 16.5. The van der Waals surface area contributed by atoms with Gasteiger partial charge in [-0.3, -0.25) is 0 Å². The van der Waals surface area contributed by atoms with Gasteiger partial charge in [-0.15, -0.1) is 0 Å². The molecule has 0 saturated heterocycles. The summed E-state index contributed by atoms with van der Waals surface area (Å²) in [5.74, 6) is -0.431. The van der Waals surface area contributed by atoms with Crippen LogP contribution >= 0.6 is 0 Å². The van der Waals surface area contributed by atoms with Crippen LogP contribution in [0.5, 0.6) is 0 Å². The molecule has 0 atom stereocenters. The quantitative estimate of drug-likeness (QED) is 0.435. The maximum atomic E-state index is 10.3. The molecule has 5 nitrogen and oxygen atoms in total. The van der Waals surface area contributed by atoms with Gasteiger partial charge in [0.1, 0.15) is 0 Å². The molecule has 0 aliphatic carbocycles. The summed E-state index contributed by atoms with van der Waals surface area (Å²) in [6, 6.07) is 0. The number of ether oxygens (including phenoxy) is 2. The Balaban J connectivity index is -0.000000188. The second kappa shape index (κ2) is 20.3. The number of carbonyl (C=O) groups excluding carboxylic acids is 1. The zero-order valence-corrected chi connectivity index (χ0v) is 10.9. The molecule has 0 aromatic carbocycles. The molecular formula is C12H24O5. The lowest BCUT2D eigenvalue weighted by Crippen LogP contribution is -1.98. The third-order valence-electron chi connectivity index (χ3n) is 1.05. The molecule has 0 spiro atoms. The molecule has 0 rings (SSSR count). The Morgan fingerprint density at radius 3 is 1.71 bits per heavy atom. The largest absolute Gasteiger partial charge is 0.432 e. The summed E-state index contributed by atoms with van der Waals surface area (Å²) in [5.41, 5.74) is 0.380. The van der Waals surface area contributed by atoms with Crippen molar-refractivity contribution >= 4 is 5.97 Å². The lowest BCUT2D eigenvalue weighted by atomic mass is 10.4. The molecule has 0 aliphatic rings. The third-order valence-corrected chi connectivity index (χ3v) is 1.05. The topological polar surface area (TPSA) is 76.0 Å². The van der Waals surface area contributed by atoms with Gasteiger partial charge >= 0.3 is 5.97 Å². The van der Waals surface area contributed by atoms with E-state index >= 15 is 0 Å². The molecule has 0 heterocycles. The van der Waals surface area contributed by atoms with Crippen LogP contribution in [-0.4, -0.2) is 42.6 Å². The first-order chi connectivity index (χ1) is 8.01. The minimum absolute atomic E-state index is 0.125. The highest BCUT2D eigenvalue weighted by Gasteiger charge is 1.97. The standard InChI is InChI=1S/C6H8O2.C4H10O.C2H6O2/c1-4-8-6(7)5(2)3;1-3-5-4-2;3-1-2-4/h4H,1-2H2,3H3;3-4H2,1-2H3;3-4H,1-2H2. The van der Waals surface area contributed by atoms with E-state index < -0.39 is 5.97 Å². The van der Waals surface area contributed by atoms with E-state index in [1.54, 1.807) is 6.92 Å². The van der Waals surface area contributed by atoms with Crippen molar-refractivity contribution in [2.24, 2.45) is 0 Å². The van der Waals surface area contributed by atoms with E-state index in [1.165, 1.54) is 0 Å². The normalized spacial score (nSPS) is 7.82. The summed E-state index contributed by atoms with van der Waals surface area (Å²) in [4.78, 5) is 10.3. The Bertz CT molecular complexity index is 185. The van der Waals surface area contributed by atoms with E-state index in [0.717, 1.165) is 19.5 Å². The van der Waals surface area contributed by atoms with Gasteiger partial charge in [0.05, 0.1) is 19.5 Å². The lowest BCUT2D eigenvalue weighted by Gasteiger charge is -1.92. The molecule has 0 bridgehead atoms. The molecule has 5 heteroatoms. The molecule has 102 valence electrons. The van der Waals surface area contributed by atoms with Gasteiger partial charge in [0, 0.05) is 18.8 Å². The van der Waals surface area contributed by atoms with Gasteiger partial charge in [0.15, 0.2) is 0 Å². The lowest BCUT2D eigenvalue weighted by molar-refractivity contribution is -0.133. The number of aliphatic hydroxyl groups excluding tert-OH is 2. The summed E-state index contributed by atoms with van der Waals surface area (Å²) < 4.78 is 9.16. The van der Waals surface area contributed by atoms with Crippen LogP contribution in [0.15, 0.2) is 25.0 Å². The summed E-state index contributed by atoms with van der Waals surface area (Å²) in [6.07, 6.45) is 1.08. The van der Waals surface area contributed by atoms with Crippen molar-refractivity contribution < 1.29 is 24.5 Å². The van der Waals surface area contributed by atoms with E-state index in [9.17, 15) is 4.79 Å². The first-order valence-electron chi connectivity index (χ1n) is 5.28. The van der Waals surface area contributed by atoms with Gasteiger partial charge in [0.25, 0.3) is 0 Å². The average molecular weight is 248 g/mol. The molecule has 2 N–H and O–H groups in total. The smallest absolute Gasteiger partial charge is 0.337 e. The van der Waals surface area contributed by atoms with Crippen molar-refractivity contribution in [1.82, 2.24) is 0 Å². The fraction of sp³-hybridized carbons (Fsp3) is 0.583. The molecule has 0 aromatic heterocycles. The molecule has 0 fully saturated rings. The van der Waals surface area contributed by atoms with Crippen LogP contribution < -0.4 is 0 Å². The van der Waals surface area contributed by atoms with Gasteiger partial charge in [-0.2, -0.15) is 0 Å². The van der Waals surface area contributed by atoms with Crippen LogP contribution in [0.25, 0.3) is 0 Å². The zero-order chi connectivity index (χ0) is 14.1. The van der Waals surface area contributed by atoms with Crippen LogP contribution in [0.2, 0.25) is 0 Å². The van der Waals surface area contributed by atoms with Gasteiger partial charge in [0.2, 0.25) is 0 Å². The van der Waals surface area contributed by atoms with Crippen molar-refractivity contribution in [2.45, 2.75) is 20.8 Å². The van der Waals surface area contributed by atoms with Crippen molar-refractivity contribution in [3.63, 3.8) is 0 Å². The van der Waals surface area contributed by atoms with Gasteiger partial charge in [-0.05, 0) is 20.8 Å². The minimum Gasteiger partial charge on any atom is -0.432 e. The fourth-order valence-corrected chi connectivity index (χ4v) is 0.380. The Morgan fingerprint density at radius 2 is 1.65 bits per heavy atom. The zero-order valence-electron chi connectivity index (χ0n) is 10.9. The molecule has 0 radical (unpaired) electrons. The first kappa shape index (κ1) is 21.1.